The molecular formula is C27H33FN4. The van der Waals surface area contributed by atoms with Gasteiger partial charge in [0.05, 0.1) is 22.6 Å². The molecule has 168 valence electrons. The fourth-order valence-corrected chi connectivity index (χ4v) is 5.50. The Bertz CT molecular complexity index is 1290. The van der Waals surface area contributed by atoms with E-state index in [9.17, 15) is 4.39 Å². The predicted molar refractivity (Wildman–Crippen MR) is 129 cm³/mol. The van der Waals surface area contributed by atoms with Crippen molar-refractivity contribution in [1.29, 1.82) is 0 Å². The molecule has 0 bridgehead atoms. The largest absolute Gasteiger partial charge is 0.278 e. The lowest BCUT2D eigenvalue weighted by atomic mass is 9.88. The van der Waals surface area contributed by atoms with Gasteiger partial charge in [0.2, 0.25) is 5.95 Å². The topological polar surface area (TPSA) is 57.4 Å². The van der Waals surface area contributed by atoms with Gasteiger partial charge in [-0.1, -0.05) is 20.8 Å². The molecule has 4 aromatic rings. The summed E-state index contributed by atoms with van der Waals surface area (Å²) in [6, 6.07) is 4.25. The lowest BCUT2D eigenvalue weighted by Gasteiger charge is -2.16. The number of nitrogens with one attached hydrogen (secondary N) is 2. The van der Waals surface area contributed by atoms with Gasteiger partial charge in [-0.25, -0.2) is 0 Å². The van der Waals surface area contributed by atoms with E-state index in [1.807, 2.05) is 12.3 Å². The smallest absolute Gasteiger partial charge is 0.217 e. The summed E-state index contributed by atoms with van der Waals surface area (Å²) in [5.41, 5.74) is 10.3. The van der Waals surface area contributed by atoms with E-state index in [-0.39, 0.29) is 5.95 Å². The van der Waals surface area contributed by atoms with Crippen LogP contribution in [-0.4, -0.2) is 20.4 Å². The maximum atomic E-state index is 13.7. The number of aromatic nitrogens is 4. The molecule has 2 saturated carbocycles. The van der Waals surface area contributed by atoms with Crippen LogP contribution in [0.1, 0.15) is 97.6 Å². The van der Waals surface area contributed by atoms with E-state index < -0.39 is 0 Å². The van der Waals surface area contributed by atoms with Crippen LogP contribution < -0.4 is 0 Å². The van der Waals surface area contributed by atoms with Gasteiger partial charge < -0.3 is 0 Å². The Balaban J connectivity index is 0.000000135. The molecule has 0 spiro atoms. The highest BCUT2D eigenvalue weighted by atomic mass is 19.1. The van der Waals surface area contributed by atoms with Crippen LogP contribution in [0.2, 0.25) is 0 Å². The van der Waals surface area contributed by atoms with Gasteiger partial charge in [0.1, 0.15) is 0 Å². The molecule has 0 radical (unpaired) electrons. The Morgan fingerprint density at radius 3 is 2.28 bits per heavy atom. The molecule has 2 N–H and O–H groups in total. The number of benzene rings is 2. The minimum absolute atomic E-state index is 0.284. The lowest BCUT2D eigenvalue weighted by molar-refractivity contribution is 0.587. The number of hydrogen-bond acceptors (Lipinski definition) is 2. The summed E-state index contributed by atoms with van der Waals surface area (Å²) < 4.78 is 13.7. The first-order chi connectivity index (χ1) is 15.4. The molecule has 2 aliphatic rings. The van der Waals surface area contributed by atoms with Gasteiger partial charge in [0, 0.05) is 5.39 Å². The first-order valence-corrected chi connectivity index (χ1v) is 12.0. The zero-order chi connectivity index (χ0) is 22.6. The van der Waals surface area contributed by atoms with Crippen molar-refractivity contribution in [2.45, 2.75) is 84.5 Å². The molecule has 32 heavy (non-hydrogen) atoms. The number of fused-ring (bicyclic) bond motifs is 2. The Morgan fingerprint density at radius 1 is 1.00 bits per heavy atom. The van der Waals surface area contributed by atoms with Crippen LogP contribution in [0, 0.1) is 19.8 Å². The average molecular weight is 433 g/mol. The van der Waals surface area contributed by atoms with E-state index in [0.717, 1.165) is 23.4 Å². The third kappa shape index (κ3) is 3.62. The summed E-state index contributed by atoms with van der Waals surface area (Å²) >= 11 is 0. The molecule has 0 amide bonds. The van der Waals surface area contributed by atoms with Crippen LogP contribution in [0.5, 0.6) is 0 Å². The molecule has 5 heteroatoms. The second-order valence-electron chi connectivity index (χ2n) is 9.93. The first kappa shape index (κ1) is 21.2. The summed E-state index contributed by atoms with van der Waals surface area (Å²) in [6.07, 6.45) is 8.09. The van der Waals surface area contributed by atoms with Crippen molar-refractivity contribution in [3.63, 3.8) is 0 Å². The summed E-state index contributed by atoms with van der Waals surface area (Å²) in [5, 5.41) is 15.8. The summed E-state index contributed by atoms with van der Waals surface area (Å²) in [6.45, 7) is 11.0. The highest BCUT2D eigenvalue weighted by Gasteiger charge is 2.30. The summed E-state index contributed by atoms with van der Waals surface area (Å²) in [4.78, 5) is 0. The molecule has 2 aliphatic carbocycles. The Kier molecular flexibility index (Phi) is 5.31. The lowest BCUT2D eigenvalue weighted by Crippen LogP contribution is -1.99. The van der Waals surface area contributed by atoms with Gasteiger partial charge in [-0.3, -0.25) is 10.2 Å². The van der Waals surface area contributed by atoms with Crippen molar-refractivity contribution in [3.05, 3.63) is 57.7 Å². The van der Waals surface area contributed by atoms with Gasteiger partial charge in [-0.2, -0.15) is 14.6 Å². The minimum atomic E-state index is -0.284. The van der Waals surface area contributed by atoms with Crippen LogP contribution in [0.4, 0.5) is 4.39 Å². The first-order valence-electron chi connectivity index (χ1n) is 12.0. The van der Waals surface area contributed by atoms with Crippen LogP contribution in [0.3, 0.4) is 0 Å². The Morgan fingerprint density at radius 2 is 1.66 bits per heavy atom. The fraction of sp³-hybridized carbons (Fsp3) is 0.481. The molecule has 6 rings (SSSR count). The third-order valence-corrected chi connectivity index (χ3v) is 7.09. The quantitative estimate of drug-likeness (QED) is 0.355. The third-order valence-electron chi connectivity index (χ3n) is 7.09. The van der Waals surface area contributed by atoms with Crippen molar-refractivity contribution in [2.75, 3.05) is 0 Å². The van der Waals surface area contributed by atoms with Crippen LogP contribution >= 0.6 is 0 Å². The van der Waals surface area contributed by atoms with Crippen molar-refractivity contribution >= 4 is 21.8 Å². The van der Waals surface area contributed by atoms with Crippen molar-refractivity contribution < 1.29 is 4.39 Å². The van der Waals surface area contributed by atoms with Gasteiger partial charge in [-0.15, -0.1) is 0 Å². The van der Waals surface area contributed by atoms with Crippen LogP contribution in [0.25, 0.3) is 21.8 Å². The van der Waals surface area contributed by atoms with E-state index in [0.29, 0.717) is 17.2 Å². The number of hydrogen-bond donors (Lipinski definition) is 2. The van der Waals surface area contributed by atoms with E-state index >= 15 is 0 Å². The van der Waals surface area contributed by atoms with Crippen LogP contribution in [0.15, 0.2) is 18.3 Å². The molecule has 0 saturated heterocycles. The Hall–Kier alpha value is -2.69. The number of halogens is 1. The van der Waals surface area contributed by atoms with Crippen LogP contribution in [-0.2, 0) is 6.42 Å². The second-order valence-corrected chi connectivity index (χ2v) is 9.93. The molecular weight excluding hydrogens is 399 g/mol. The Labute approximate surface area is 189 Å². The zero-order valence-corrected chi connectivity index (χ0v) is 19.8. The molecule has 2 heterocycles. The zero-order valence-electron chi connectivity index (χ0n) is 19.8. The van der Waals surface area contributed by atoms with Gasteiger partial charge in [0.25, 0.3) is 0 Å². The number of rotatable bonds is 4. The molecule has 0 aliphatic heterocycles. The maximum Gasteiger partial charge on any atom is 0.217 e. The predicted octanol–water partition coefficient (Wildman–Crippen LogP) is 7.32. The summed E-state index contributed by atoms with van der Waals surface area (Å²) in [5.74, 6) is 1.77. The van der Waals surface area contributed by atoms with Gasteiger partial charge in [-0.05, 0) is 109 Å². The fourth-order valence-electron chi connectivity index (χ4n) is 5.50. The summed E-state index contributed by atoms with van der Waals surface area (Å²) in [7, 11) is 0. The normalized spacial score (nSPS) is 16.1. The standard InChI is InChI=1S/C14H18N2.C13H15FN2/c1-8(2)13-11-7-15-16-12(11)6-9(3)14(13)10-4-5-10;1-3-9-11(8-4-5-8)7(2)6-10-12(9)13(14)16-15-10/h6-8,10H,4-5H2,1-3H3,(H,15,16);6,8H,3-5H2,1-2H3,(H,15,16). The highest BCUT2D eigenvalue weighted by molar-refractivity contribution is 5.86. The van der Waals surface area contributed by atoms with E-state index in [1.54, 1.807) is 5.56 Å². The number of aryl methyl sites for hydroxylation is 3. The van der Waals surface area contributed by atoms with Crippen molar-refractivity contribution in [2.24, 2.45) is 0 Å². The van der Waals surface area contributed by atoms with Crippen molar-refractivity contribution in [1.82, 2.24) is 20.4 Å². The number of aromatic amines is 2. The number of nitrogens with zero attached hydrogens (tertiary/aromatic N) is 2. The molecule has 2 aromatic heterocycles. The highest BCUT2D eigenvalue weighted by Crippen LogP contribution is 2.47. The maximum absolute atomic E-state index is 13.7. The minimum Gasteiger partial charge on any atom is -0.278 e. The van der Waals surface area contributed by atoms with Crippen molar-refractivity contribution in [3.8, 4) is 0 Å². The molecule has 4 nitrogen and oxygen atoms in total. The number of H-pyrrole nitrogens is 2. The van der Waals surface area contributed by atoms with Gasteiger partial charge in [0.15, 0.2) is 0 Å². The second kappa shape index (κ2) is 8.02. The molecule has 2 fully saturated rings. The van der Waals surface area contributed by atoms with Gasteiger partial charge >= 0.3 is 0 Å². The average Bonchev–Trinajstić information content (AvgIpc) is 3.68. The SMILES string of the molecule is CCc1c(C2CC2)c(C)cc2n[nH]c(F)c12.Cc1cc2[nH]ncc2c(C(C)C)c1C1CC1. The molecule has 0 unspecified atom stereocenters. The van der Waals surface area contributed by atoms with E-state index in [4.69, 9.17) is 0 Å². The monoisotopic (exact) mass is 432 g/mol. The van der Waals surface area contributed by atoms with E-state index in [1.165, 1.54) is 58.8 Å². The molecule has 0 atom stereocenters. The van der Waals surface area contributed by atoms with E-state index in [2.05, 4.69) is 61.1 Å². The molecule has 2 aromatic carbocycles.